The van der Waals surface area contributed by atoms with Crippen LogP contribution in [-0.2, 0) is 6.54 Å². The molecule has 1 atom stereocenters. The first-order valence-electron chi connectivity index (χ1n) is 7.57. The van der Waals surface area contributed by atoms with E-state index in [0.29, 0.717) is 6.04 Å². The van der Waals surface area contributed by atoms with Crippen LogP contribution >= 0.6 is 0 Å². The molecule has 0 aromatic carbocycles. The summed E-state index contributed by atoms with van der Waals surface area (Å²) < 4.78 is 1.95. The summed E-state index contributed by atoms with van der Waals surface area (Å²) in [6.45, 7) is 10.7. The second-order valence-electron chi connectivity index (χ2n) is 5.84. The van der Waals surface area contributed by atoms with Gasteiger partial charge in [0.25, 0.3) is 0 Å². The van der Waals surface area contributed by atoms with Gasteiger partial charge in [-0.3, -0.25) is 4.90 Å². The molecule has 0 amide bonds. The second-order valence-corrected chi connectivity index (χ2v) is 5.84. The summed E-state index contributed by atoms with van der Waals surface area (Å²) in [6, 6.07) is 6.48. The van der Waals surface area contributed by atoms with E-state index in [1.54, 1.807) is 0 Å². The Kier molecular flexibility index (Phi) is 4.03. The molecule has 1 N–H and O–H groups in total. The molecule has 3 heterocycles. The highest BCUT2D eigenvalue weighted by atomic mass is 15.3. The van der Waals surface area contributed by atoms with Crippen LogP contribution in [0.15, 0.2) is 24.4 Å². The molecule has 1 fully saturated rings. The predicted molar refractivity (Wildman–Crippen MR) is 83.6 cm³/mol. The van der Waals surface area contributed by atoms with E-state index in [1.165, 1.54) is 11.3 Å². The van der Waals surface area contributed by atoms with Crippen LogP contribution in [0, 0.1) is 13.8 Å². The van der Waals surface area contributed by atoms with Crippen molar-refractivity contribution in [1.29, 1.82) is 0 Å². The van der Waals surface area contributed by atoms with Gasteiger partial charge in [0.1, 0.15) is 0 Å². The minimum absolute atomic E-state index is 0.560. The quantitative estimate of drug-likeness (QED) is 0.932. The van der Waals surface area contributed by atoms with E-state index in [4.69, 9.17) is 0 Å². The number of hydrogen-bond donors (Lipinski definition) is 1. The fourth-order valence-corrected chi connectivity index (χ4v) is 2.99. The lowest BCUT2D eigenvalue weighted by Gasteiger charge is -2.31. The van der Waals surface area contributed by atoms with Crippen molar-refractivity contribution in [3.63, 3.8) is 0 Å². The molecular weight excluding hydrogens is 262 g/mol. The number of nitrogens with zero attached hydrogens (tertiary/aromatic N) is 4. The minimum Gasteiger partial charge on any atom is -0.312 e. The molecule has 1 aliphatic rings. The first-order chi connectivity index (χ1) is 10.1. The van der Waals surface area contributed by atoms with Gasteiger partial charge in [-0.1, -0.05) is 6.07 Å². The molecule has 0 bridgehead atoms. The number of nitrogens with one attached hydrogen (secondary N) is 1. The standard InChI is InChI=1S/C16H23N5/c1-12-10-20(9-8-17-12)11-15-13(2)19-21(14(15)3)16-6-4-5-7-18-16/h4-7,12,17H,8-11H2,1-3H3. The highest BCUT2D eigenvalue weighted by Crippen LogP contribution is 2.19. The van der Waals surface area contributed by atoms with E-state index in [9.17, 15) is 0 Å². The molecule has 0 saturated carbocycles. The summed E-state index contributed by atoms with van der Waals surface area (Å²) in [6.07, 6.45) is 1.81. The lowest BCUT2D eigenvalue weighted by Crippen LogP contribution is -2.48. The van der Waals surface area contributed by atoms with E-state index in [-0.39, 0.29) is 0 Å². The lowest BCUT2D eigenvalue weighted by atomic mass is 10.1. The maximum absolute atomic E-state index is 4.68. The Balaban J connectivity index is 1.85. The van der Waals surface area contributed by atoms with Crippen molar-refractivity contribution >= 4 is 0 Å². The second kappa shape index (κ2) is 5.95. The molecule has 0 aliphatic carbocycles. The highest BCUT2D eigenvalue weighted by molar-refractivity contribution is 5.32. The summed E-state index contributed by atoms with van der Waals surface area (Å²) in [5.41, 5.74) is 3.62. The topological polar surface area (TPSA) is 46.0 Å². The Morgan fingerprint density at radius 2 is 2.19 bits per heavy atom. The average molecular weight is 285 g/mol. The van der Waals surface area contributed by atoms with Crippen molar-refractivity contribution < 1.29 is 0 Å². The monoisotopic (exact) mass is 285 g/mol. The number of hydrogen-bond acceptors (Lipinski definition) is 4. The zero-order valence-electron chi connectivity index (χ0n) is 13.0. The number of aromatic nitrogens is 3. The number of pyridine rings is 1. The van der Waals surface area contributed by atoms with Gasteiger partial charge in [-0.15, -0.1) is 0 Å². The molecule has 3 rings (SSSR count). The first kappa shape index (κ1) is 14.2. The molecular formula is C16H23N5. The minimum atomic E-state index is 0.560. The van der Waals surface area contributed by atoms with Crippen LogP contribution in [0.1, 0.15) is 23.9 Å². The van der Waals surface area contributed by atoms with Crippen molar-refractivity contribution in [1.82, 2.24) is 25.0 Å². The van der Waals surface area contributed by atoms with E-state index in [2.05, 4.69) is 41.1 Å². The Morgan fingerprint density at radius 3 is 2.90 bits per heavy atom. The van der Waals surface area contributed by atoms with E-state index < -0.39 is 0 Å². The van der Waals surface area contributed by atoms with Gasteiger partial charge in [0, 0.05) is 49.7 Å². The van der Waals surface area contributed by atoms with Gasteiger partial charge < -0.3 is 5.32 Å². The van der Waals surface area contributed by atoms with Crippen LogP contribution in [0.5, 0.6) is 0 Å². The summed E-state index contributed by atoms with van der Waals surface area (Å²) in [5, 5.41) is 8.16. The van der Waals surface area contributed by atoms with Gasteiger partial charge in [0.05, 0.1) is 5.69 Å². The van der Waals surface area contributed by atoms with Gasteiger partial charge >= 0.3 is 0 Å². The fraction of sp³-hybridized carbons (Fsp3) is 0.500. The lowest BCUT2D eigenvalue weighted by molar-refractivity contribution is 0.199. The Hall–Kier alpha value is -1.72. The zero-order chi connectivity index (χ0) is 14.8. The van der Waals surface area contributed by atoms with Crippen molar-refractivity contribution in [3.05, 3.63) is 41.3 Å². The number of aryl methyl sites for hydroxylation is 1. The molecule has 1 aliphatic heterocycles. The van der Waals surface area contributed by atoms with E-state index >= 15 is 0 Å². The largest absolute Gasteiger partial charge is 0.312 e. The third-order valence-electron chi connectivity index (χ3n) is 4.14. The van der Waals surface area contributed by atoms with Crippen LogP contribution in [0.4, 0.5) is 0 Å². The Bertz CT molecular complexity index is 605. The van der Waals surface area contributed by atoms with Gasteiger partial charge in [-0.2, -0.15) is 5.10 Å². The molecule has 5 heteroatoms. The fourth-order valence-electron chi connectivity index (χ4n) is 2.99. The van der Waals surface area contributed by atoms with E-state index in [0.717, 1.165) is 37.7 Å². The third kappa shape index (κ3) is 2.99. The predicted octanol–water partition coefficient (Wildman–Crippen LogP) is 1.68. The SMILES string of the molecule is Cc1nn(-c2ccccn2)c(C)c1CN1CCNC(C)C1. The third-order valence-corrected chi connectivity index (χ3v) is 4.14. The number of piperazine rings is 1. The van der Waals surface area contributed by atoms with Crippen molar-refractivity contribution in [2.24, 2.45) is 0 Å². The maximum atomic E-state index is 4.68. The van der Waals surface area contributed by atoms with Crippen LogP contribution in [-0.4, -0.2) is 45.3 Å². The van der Waals surface area contributed by atoms with Gasteiger partial charge in [0.15, 0.2) is 5.82 Å². The van der Waals surface area contributed by atoms with Gasteiger partial charge in [0.2, 0.25) is 0 Å². The Labute approximate surface area is 126 Å². The van der Waals surface area contributed by atoms with Crippen LogP contribution < -0.4 is 5.32 Å². The van der Waals surface area contributed by atoms with Crippen LogP contribution in [0.25, 0.3) is 5.82 Å². The smallest absolute Gasteiger partial charge is 0.153 e. The summed E-state index contributed by atoms with van der Waals surface area (Å²) >= 11 is 0. The molecule has 5 nitrogen and oxygen atoms in total. The molecule has 2 aromatic rings. The molecule has 1 saturated heterocycles. The zero-order valence-corrected chi connectivity index (χ0v) is 13.0. The molecule has 2 aromatic heterocycles. The van der Waals surface area contributed by atoms with Gasteiger partial charge in [-0.25, -0.2) is 9.67 Å². The molecule has 1 unspecified atom stereocenters. The number of rotatable bonds is 3. The summed E-state index contributed by atoms with van der Waals surface area (Å²) in [5.74, 6) is 0.887. The first-order valence-corrected chi connectivity index (χ1v) is 7.57. The molecule has 112 valence electrons. The van der Waals surface area contributed by atoms with Crippen molar-refractivity contribution in [2.45, 2.75) is 33.4 Å². The van der Waals surface area contributed by atoms with Crippen molar-refractivity contribution in [3.8, 4) is 5.82 Å². The summed E-state index contributed by atoms with van der Waals surface area (Å²) in [7, 11) is 0. The van der Waals surface area contributed by atoms with Gasteiger partial charge in [-0.05, 0) is 32.9 Å². The molecule has 0 spiro atoms. The maximum Gasteiger partial charge on any atom is 0.153 e. The molecule has 0 radical (unpaired) electrons. The van der Waals surface area contributed by atoms with Crippen LogP contribution in [0.3, 0.4) is 0 Å². The average Bonchev–Trinajstić information content (AvgIpc) is 2.76. The normalized spacial score (nSPS) is 19.9. The van der Waals surface area contributed by atoms with Crippen LogP contribution in [0.2, 0.25) is 0 Å². The highest BCUT2D eigenvalue weighted by Gasteiger charge is 2.20. The molecule has 21 heavy (non-hydrogen) atoms. The Morgan fingerprint density at radius 1 is 1.33 bits per heavy atom. The van der Waals surface area contributed by atoms with Crippen molar-refractivity contribution in [2.75, 3.05) is 19.6 Å². The van der Waals surface area contributed by atoms with E-state index in [1.807, 2.05) is 29.1 Å². The summed E-state index contributed by atoms with van der Waals surface area (Å²) in [4.78, 5) is 6.90.